The van der Waals surface area contributed by atoms with E-state index < -0.39 is 0 Å². The molecule has 1 rings (SSSR count). The molecule has 0 atom stereocenters. The fourth-order valence-corrected chi connectivity index (χ4v) is 1.16. The molecule has 0 aliphatic heterocycles. The van der Waals surface area contributed by atoms with E-state index in [2.05, 4.69) is 5.16 Å². The minimum absolute atomic E-state index is 0.820. The highest BCUT2D eigenvalue weighted by molar-refractivity contribution is 5.81. The third-order valence-corrected chi connectivity index (χ3v) is 1.98. The number of nitrogens with zero attached hydrogens (tertiary/aromatic N) is 1. The number of rotatable bonds is 2. The zero-order valence-electron chi connectivity index (χ0n) is 5.80. The summed E-state index contributed by atoms with van der Waals surface area (Å²) in [6.07, 6.45) is 5.01. The van der Waals surface area contributed by atoms with Crippen molar-refractivity contribution in [2.24, 2.45) is 11.1 Å². The molecule has 9 heavy (non-hydrogen) atoms. The maximum absolute atomic E-state index is 8.29. The molecular formula is C7H13NO. The van der Waals surface area contributed by atoms with Crippen molar-refractivity contribution >= 4 is 5.71 Å². The lowest BCUT2D eigenvalue weighted by Crippen LogP contribution is -2.14. The molecule has 0 saturated heterocycles. The summed E-state index contributed by atoms with van der Waals surface area (Å²) in [5.74, 6) is 0.820. The van der Waals surface area contributed by atoms with E-state index in [0.29, 0.717) is 0 Å². The van der Waals surface area contributed by atoms with Gasteiger partial charge in [0.15, 0.2) is 0 Å². The molecule has 52 valence electrons. The van der Waals surface area contributed by atoms with E-state index in [1.807, 2.05) is 6.92 Å². The average Bonchev–Trinajstić information content (AvgIpc) is 1.78. The summed E-state index contributed by atoms with van der Waals surface area (Å²) in [5.41, 5.74) is 0.875. The fourth-order valence-electron chi connectivity index (χ4n) is 1.16. The Morgan fingerprint density at radius 1 is 1.67 bits per heavy atom. The van der Waals surface area contributed by atoms with Gasteiger partial charge in [-0.1, -0.05) is 24.4 Å². The van der Waals surface area contributed by atoms with Crippen molar-refractivity contribution in [1.29, 1.82) is 0 Å². The van der Waals surface area contributed by atoms with Crippen LogP contribution in [0.1, 0.15) is 32.6 Å². The second-order valence-corrected chi connectivity index (χ2v) is 2.84. The van der Waals surface area contributed by atoms with E-state index >= 15 is 0 Å². The van der Waals surface area contributed by atoms with E-state index in [4.69, 9.17) is 5.21 Å². The Balaban J connectivity index is 2.16. The Morgan fingerprint density at radius 2 is 2.33 bits per heavy atom. The predicted octanol–water partition coefficient (Wildman–Crippen LogP) is 2.03. The maximum Gasteiger partial charge on any atom is 0.0542 e. The van der Waals surface area contributed by atoms with E-state index in [1.165, 1.54) is 19.3 Å². The summed E-state index contributed by atoms with van der Waals surface area (Å²) >= 11 is 0. The summed E-state index contributed by atoms with van der Waals surface area (Å²) in [4.78, 5) is 0. The zero-order valence-corrected chi connectivity index (χ0v) is 5.80. The van der Waals surface area contributed by atoms with Crippen LogP contribution in [0.3, 0.4) is 0 Å². The Kier molecular flexibility index (Phi) is 2.09. The first kappa shape index (κ1) is 6.59. The van der Waals surface area contributed by atoms with E-state index in [-0.39, 0.29) is 0 Å². The molecule has 0 aromatic heterocycles. The van der Waals surface area contributed by atoms with Crippen molar-refractivity contribution in [3.8, 4) is 0 Å². The first-order chi connectivity index (χ1) is 4.33. The lowest BCUT2D eigenvalue weighted by Gasteiger charge is -2.24. The molecule has 2 nitrogen and oxygen atoms in total. The smallest absolute Gasteiger partial charge is 0.0542 e. The van der Waals surface area contributed by atoms with Gasteiger partial charge in [-0.05, 0) is 19.3 Å². The molecule has 0 amide bonds. The second-order valence-electron chi connectivity index (χ2n) is 2.84. The molecule has 1 N–H and O–H groups in total. The van der Waals surface area contributed by atoms with Crippen LogP contribution in [0.25, 0.3) is 0 Å². The van der Waals surface area contributed by atoms with E-state index in [0.717, 1.165) is 18.1 Å². The Bertz CT molecular complexity index is 116. The Morgan fingerprint density at radius 3 is 2.67 bits per heavy atom. The third kappa shape index (κ3) is 1.70. The van der Waals surface area contributed by atoms with Gasteiger partial charge in [0.1, 0.15) is 0 Å². The van der Waals surface area contributed by atoms with Gasteiger partial charge in [-0.3, -0.25) is 0 Å². The van der Waals surface area contributed by atoms with Gasteiger partial charge in [0.25, 0.3) is 0 Å². The molecule has 0 radical (unpaired) electrons. The molecule has 1 fully saturated rings. The van der Waals surface area contributed by atoms with Crippen molar-refractivity contribution in [3.63, 3.8) is 0 Å². The van der Waals surface area contributed by atoms with Gasteiger partial charge >= 0.3 is 0 Å². The summed E-state index contributed by atoms with van der Waals surface area (Å²) < 4.78 is 0. The molecule has 2 heteroatoms. The summed E-state index contributed by atoms with van der Waals surface area (Å²) in [5, 5.41) is 11.4. The van der Waals surface area contributed by atoms with Crippen LogP contribution in [0, 0.1) is 5.92 Å². The molecule has 0 aromatic rings. The third-order valence-electron chi connectivity index (χ3n) is 1.98. The van der Waals surface area contributed by atoms with Gasteiger partial charge in [-0.2, -0.15) is 0 Å². The lowest BCUT2D eigenvalue weighted by molar-refractivity contribution is 0.300. The van der Waals surface area contributed by atoms with Crippen LogP contribution in [0.4, 0.5) is 0 Å². The fraction of sp³-hybridized carbons (Fsp3) is 0.857. The summed E-state index contributed by atoms with van der Waals surface area (Å²) in [7, 11) is 0. The van der Waals surface area contributed by atoms with Crippen LogP contribution in [-0.2, 0) is 0 Å². The molecule has 0 bridgehead atoms. The quantitative estimate of drug-likeness (QED) is 0.343. The molecule has 1 saturated carbocycles. The highest BCUT2D eigenvalue weighted by Gasteiger charge is 2.17. The van der Waals surface area contributed by atoms with Crippen LogP contribution in [0.2, 0.25) is 0 Å². The molecule has 0 unspecified atom stereocenters. The van der Waals surface area contributed by atoms with Gasteiger partial charge in [-0.25, -0.2) is 0 Å². The van der Waals surface area contributed by atoms with Crippen molar-refractivity contribution in [2.45, 2.75) is 32.6 Å². The summed E-state index contributed by atoms with van der Waals surface area (Å²) in [6.45, 7) is 1.87. The first-order valence-corrected chi connectivity index (χ1v) is 3.50. The molecular weight excluding hydrogens is 114 g/mol. The van der Waals surface area contributed by atoms with E-state index in [9.17, 15) is 0 Å². The minimum atomic E-state index is 0.820. The maximum atomic E-state index is 8.29. The lowest BCUT2D eigenvalue weighted by atomic mass is 9.82. The van der Waals surface area contributed by atoms with Gasteiger partial charge in [0.05, 0.1) is 5.71 Å². The van der Waals surface area contributed by atoms with Gasteiger partial charge in [0, 0.05) is 0 Å². The van der Waals surface area contributed by atoms with Crippen LogP contribution in [-0.4, -0.2) is 10.9 Å². The normalized spacial score (nSPS) is 21.7. The van der Waals surface area contributed by atoms with Crippen LogP contribution >= 0.6 is 0 Å². The molecule has 0 aromatic carbocycles. The van der Waals surface area contributed by atoms with E-state index in [1.54, 1.807) is 0 Å². The summed E-state index contributed by atoms with van der Waals surface area (Å²) in [6, 6.07) is 0. The molecule has 0 spiro atoms. The number of hydrogen-bond donors (Lipinski definition) is 1. The number of oxime groups is 1. The predicted molar refractivity (Wildman–Crippen MR) is 36.9 cm³/mol. The topological polar surface area (TPSA) is 32.6 Å². The largest absolute Gasteiger partial charge is 0.411 e. The monoisotopic (exact) mass is 127 g/mol. The van der Waals surface area contributed by atoms with Crippen molar-refractivity contribution in [2.75, 3.05) is 0 Å². The Hall–Kier alpha value is -0.530. The van der Waals surface area contributed by atoms with Crippen molar-refractivity contribution in [3.05, 3.63) is 0 Å². The standard InChI is InChI=1S/C7H13NO/c1-6(8-9)5-7-3-2-4-7/h7,9H,2-5H2,1H3. The average molecular weight is 127 g/mol. The Labute approximate surface area is 55.6 Å². The molecule has 0 heterocycles. The zero-order chi connectivity index (χ0) is 6.69. The van der Waals surface area contributed by atoms with Crippen molar-refractivity contribution < 1.29 is 5.21 Å². The van der Waals surface area contributed by atoms with Gasteiger partial charge in [0.2, 0.25) is 0 Å². The van der Waals surface area contributed by atoms with Gasteiger partial charge in [-0.15, -0.1) is 0 Å². The first-order valence-electron chi connectivity index (χ1n) is 3.50. The van der Waals surface area contributed by atoms with Gasteiger partial charge < -0.3 is 5.21 Å². The molecule has 1 aliphatic carbocycles. The number of hydrogen-bond acceptors (Lipinski definition) is 2. The van der Waals surface area contributed by atoms with Crippen molar-refractivity contribution in [1.82, 2.24) is 0 Å². The highest BCUT2D eigenvalue weighted by atomic mass is 16.4. The minimum Gasteiger partial charge on any atom is -0.411 e. The van der Waals surface area contributed by atoms with Crippen LogP contribution in [0.5, 0.6) is 0 Å². The highest BCUT2D eigenvalue weighted by Crippen LogP contribution is 2.29. The molecule has 1 aliphatic rings. The van der Waals surface area contributed by atoms with Crippen LogP contribution < -0.4 is 0 Å². The SMILES string of the molecule is CC(CC1CCC1)=NO. The van der Waals surface area contributed by atoms with Crippen LogP contribution in [0.15, 0.2) is 5.16 Å². The second kappa shape index (κ2) is 2.85.